The molecule has 1 saturated heterocycles. The Balaban J connectivity index is 0.786. The molecule has 74 heavy (non-hydrogen) atoms. The lowest BCUT2D eigenvalue weighted by atomic mass is 9.85. The molecule has 7 aromatic rings. The normalized spacial score (nSPS) is 16.1. The first-order valence-electron chi connectivity index (χ1n) is 24.6. The number of pyridine rings is 2. The Morgan fingerprint density at radius 1 is 0.865 bits per heavy atom. The van der Waals surface area contributed by atoms with Crippen molar-refractivity contribution in [3.63, 3.8) is 0 Å². The summed E-state index contributed by atoms with van der Waals surface area (Å²) in [5.74, 6) is -0.694. The number of cyclic esters (lactones) is 1. The Hall–Kier alpha value is -8.74. The molecule has 4 N–H and O–H groups in total. The molecule has 19 nitrogen and oxygen atoms in total. The van der Waals surface area contributed by atoms with Gasteiger partial charge in [0.1, 0.15) is 41.5 Å². The molecule has 0 spiro atoms. The van der Waals surface area contributed by atoms with Gasteiger partial charge < -0.3 is 49.1 Å². The van der Waals surface area contributed by atoms with Crippen molar-refractivity contribution < 1.29 is 53.4 Å². The van der Waals surface area contributed by atoms with Crippen molar-refractivity contribution in [2.75, 3.05) is 19.6 Å². The van der Waals surface area contributed by atoms with Gasteiger partial charge in [-0.3, -0.25) is 19.0 Å². The van der Waals surface area contributed by atoms with Crippen molar-refractivity contribution in [3.05, 3.63) is 134 Å². The molecule has 3 aliphatic rings. The molecular formula is C55H53N7O12. The minimum atomic E-state index is -1.96. The molecule has 6 heterocycles. The second kappa shape index (κ2) is 19.4. The summed E-state index contributed by atoms with van der Waals surface area (Å²) in [6.45, 7) is 10.1. The van der Waals surface area contributed by atoms with E-state index in [1.54, 1.807) is 102 Å². The molecule has 0 radical (unpaired) electrons. The van der Waals surface area contributed by atoms with Crippen molar-refractivity contribution in [1.29, 1.82) is 0 Å². The highest BCUT2D eigenvalue weighted by molar-refractivity contribution is 5.95. The molecule has 3 aliphatic heterocycles. The molecule has 19 heteroatoms. The summed E-state index contributed by atoms with van der Waals surface area (Å²) in [5.41, 5.74) is 3.32. The zero-order chi connectivity index (χ0) is 52.2. The number of fused-ring (bicyclic) bond motifs is 5. The number of carbonyl (C=O) groups excluding carboxylic acids is 4. The number of hydrogen-bond acceptors (Lipinski definition) is 15. The number of ether oxygens (including phenoxy) is 4. The van der Waals surface area contributed by atoms with Crippen molar-refractivity contribution >= 4 is 34.8 Å². The largest absolute Gasteiger partial charge is 0.510 e. The van der Waals surface area contributed by atoms with E-state index in [0.717, 1.165) is 16.5 Å². The number of phenolic OH excluding ortho intramolecular Hbond substituents is 3. The highest BCUT2D eigenvalue weighted by Gasteiger charge is 2.51. The molecule has 0 saturated carbocycles. The Kier molecular flexibility index (Phi) is 12.8. The topological polar surface area (TPSA) is 247 Å². The number of phenols is 3. The standard InChI is InChI=1S/C55H53N7O12/c1-6-36-38-23-32(63)13-18-43(38)57-47-40(36)27-61-44(47)25-42-41(52(61)68)28-71-53(69)55(42,7-2)74-54(70)73-35-19-21-60(22-20-35)51(67)30-9-14-33(15-10-30)72-34-16-11-31(12-17-34)62-48(58-59-49(62)50(66)56-8-3)39-24-37(29(4)5)45(64)26-46(39)65/h9-18,23-26,29,35,63-65H,6-8,19-22,27-28H2,1-5H3,(H,56,66). The second-order valence-electron chi connectivity index (χ2n) is 18.7. The monoisotopic (exact) mass is 1000 g/mol. The molecule has 3 aromatic heterocycles. The number of hydrogen-bond donors (Lipinski definition) is 4. The first-order chi connectivity index (χ1) is 35.6. The summed E-state index contributed by atoms with van der Waals surface area (Å²) in [6.07, 6.45) is -0.547. The lowest BCUT2D eigenvalue weighted by Crippen LogP contribution is -2.48. The van der Waals surface area contributed by atoms with E-state index in [4.69, 9.17) is 23.9 Å². The number of aromatic hydroxyl groups is 3. The van der Waals surface area contributed by atoms with Crippen LogP contribution in [0.3, 0.4) is 0 Å². The van der Waals surface area contributed by atoms with Crippen LogP contribution in [0.15, 0.2) is 89.7 Å². The first kappa shape index (κ1) is 48.9. The number of nitrogens with zero attached hydrogens (tertiary/aromatic N) is 6. The van der Waals surface area contributed by atoms with E-state index in [1.165, 1.54) is 10.6 Å². The van der Waals surface area contributed by atoms with Crippen LogP contribution in [0.1, 0.15) is 109 Å². The molecule has 1 fully saturated rings. The van der Waals surface area contributed by atoms with Gasteiger partial charge in [0, 0.05) is 66.3 Å². The van der Waals surface area contributed by atoms with Gasteiger partial charge in [0.15, 0.2) is 5.82 Å². The summed E-state index contributed by atoms with van der Waals surface area (Å²) < 4.78 is 26.4. The number of amides is 2. The maximum Gasteiger partial charge on any atom is 0.510 e. The predicted molar refractivity (Wildman–Crippen MR) is 269 cm³/mol. The van der Waals surface area contributed by atoms with Gasteiger partial charge in [0.05, 0.1) is 34.6 Å². The van der Waals surface area contributed by atoms with Gasteiger partial charge in [-0.2, -0.15) is 0 Å². The number of aryl methyl sites for hydroxylation is 1. The summed E-state index contributed by atoms with van der Waals surface area (Å²) in [4.78, 5) is 74.8. The van der Waals surface area contributed by atoms with Crippen LogP contribution in [0.2, 0.25) is 0 Å². The summed E-state index contributed by atoms with van der Waals surface area (Å²) >= 11 is 0. The molecule has 1 unspecified atom stereocenters. The second-order valence-corrected chi connectivity index (χ2v) is 18.7. The van der Waals surface area contributed by atoms with Gasteiger partial charge in [-0.1, -0.05) is 27.7 Å². The van der Waals surface area contributed by atoms with Crippen molar-refractivity contribution in [2.45, 2.75) is 91.1 Å². The highest BCUT2D eigenvalue weighted by Crippen LogP contribution is 2.43. The van der Waals surface area contributed by atoms with Gasteiger partial charge in [0.25, 0.3) is 17.4 Å². The zero-order valence-electron chi connectivity index (χ0n) is 41.3. The SMILES string of the molecule is CCNC(=O)c1nnc(-c2cc(C(C)C)c(O)cc2O)n1-c1ccc(Oc2ccc(C(=O)N3CCC(OC(=O)OC4(CC)C(=O)OCc5c4cc4n(c5=O)Cc5c-4nc4ccc(O)cc4c5CC)CC3)cc2)cc1. The van der Waals surface area contributed by atoms with Crippen LogP contribution in [0.25, 0.3) is 39.4 Å². The van der Waals surface area contributed by atoms with E-state index in [1.807, 2.05) is 20.8 Å². The van der Waals surface area contributed by atoms with Gasteiger partial charge in [-0.05, 0) is 116 Å². The number of benzene rings is 4. The van der Waals surface area contributed by atoms with Gasteiger partial charge in [0.2, 0.25) is 11.4 Å². The Bertz CT molecular complexity index is 3470. The zero-order valence-corrected chi connectivity index (χ0v) is 41.3. The van der Waals surface area contributed by atoms with E-state index >= 15 is 0 Å². The van der Waals surface area contributed by atoms with Crippen molar-refractivity contribution in [2.24, 2.45) is 0 Å². The van der Waals surface area contributed by atoms with E-state index in [2.05, 4.69) is 15.5 Å². The lowest BCUT2D eigenvalue weighted by Gasteiger charge is -2.36. The minimum Gasteiger partial charge on any atom is -0.508 e. The molecular weight excluding hydrogens is 951 g/mol. The van der Waals surface area contributed by atoms with Gasteiger partial charge in [-0.25, -0.2) is 14.6 Å². The maximum absolute atomic E-state index is 14.1. The molecule has 0 bridgehead atoms. The fraction of sp³-hybridized carbons (Fsp3) is 0.309. The van der Waals surface area contributed by atoms with E-state index in [9.17, 15) is 39.3 Å². The number of rotatable bonds is 12. The van der Waals surface area contributed by atoms with Crippen LogP contribution in [0, 0.1) is 0 Å². The van der Waals surface area contributed by atoms with Crippen LogP contribution < -0.4 is 15.6 Å². The fourth-order valence-corrected chi connectivity index (χ4v) is 10.2. The van der Waals surface area contributed by atoms with Crippen molar-refractivity contribution in [3.8, 4) is 57.2 Å². The quantitative estimate of drug-likeness (QED) is 0.0844. The molecule has 2 amide bonds. The van der Waals surface area contributed by atoms with E-state index < -0.39 is 29.7 Å². The number of likely N-dealkylation sites (tertiary alicyclic amines) is 1. The lowest BCUT2D eigenvalue weighted by molar-refractivity contribution is -0.176. The third-order valence-electron chi connectivity index (χ3n) is 14.0. The van der Waals surface area contributed by atoms with Crippen LogP contribution in [0.4, 0.5) is 4.79 Å². The number of carbonyl (C=O) groups is 4. The van der Waals surface area contributed by atoms with E-state index in [-0.39, 0.29) is 95.6 Å². The fourth-order valence-electron chi connectivity index (χ4n) is 10.2. The Morgan fingerprint density at radius 2 is 1.58 bits per heavy atom. The van der Waals surface area contributed by atoms with Crippen LogP contribution in [-0.2, 0) is 44.2 Å². The average molecular weight is 1000 g/mol. The molecule has 10 rings (SSSR count). The maximum atomic E-state index is 14.1. The van der Waals surface area contributed by atoms with Crippen LogP contribution in [0.5, 0.6) is 28.7 Å². The van der Waals surface area contributed by atoms with E-state index in [0.29, 0.717) is 71.0 Å². The predicted octanol–water partition coefficient (Wildman–Crippen LogP) is 8.14. The highest BCUT2D eigenvalue weighted by atomic mass is 16.7. The average Bonchev–Trinajstić information content (AvgIpc) is 3.99. The summed E-state index contributed by atoms with van der Waals surface area (Å²) in [6, 6.07) is 23.0. The Morgan fingerprint density at radius 3 is 2.26 bits per heavy atom. The van der Waals surface area contributed by atoms with Crippen LogP contribution in [-0.4, -0.2) is 94.2 Å². The molecule has 0 aliphatic carbocycles. The number of piperidine rings is 1. The Labute approximate surface area is 423 Å². The molecule has 1 atom stereocenters. The third kappa shape index (κ3) is 8.56. The van der Waals surface area contributed by atoms with Crippen LogP contribution >= 0.6 is 0 Å². The first-order valence-corrected chi connectivity index (χ1v) is 24.6. The van der Waals surface area contributed by atoms with Gasteiger partial charge >= 0.3 is 12.1 Å². The minimum absolute atomic E-state index is 0.00890. The summed E-state index contributed by atoms with van der Waals surface area (Å²) in [7, 11) is 0. The number of nitrogens with one attached hydrogen (secondary N) is 1. The van der Waals surface area contributed by atoms with Gasteiger partial charge in [-0.15, -0.1) is 10.2 Å². The number of aromatic nitrogens is 5. The molecule has 380 valence electrons. The number of esters is 1. The third-order valence-corrected chi connectivity index (χ3v) is 14.0. The smallest absolute Gasteiger partial charge is 0.508 e. The molecule has 4 aromatic carbocycles. The van der Waals surface area contributed by atoms with Crippen molar-refractivity contribution in [1.82, 2.24) is 34.5 Å². The summed E-state index contributed by atoms with van der Waals surface area (Å²) in [5, 5.41) is 43.6.